The highest BCUT2D eigenvalue weighted by Gasteiger charge is 2.21. The van der Waals surface area contributed by atoms with Crippen molar-refractivity contribution in [2.24, 2.45) is 0 Å². The van der Waals surface area contributed by atoms with E-state index in [1.165, 1.54) is 18.6 Å². The summed E-state index contributed by atoms with van der Waals surface area (Å²) in [5, 5.41) is 0.773. The lowest BCUT2D eigenvalue weighted by Gasteiger charge is -2.25. The standard InChI is InChI=1S/C14H16Cl2N2S/c15-6-5-14-17-12-4-3-10(16)8-13(12)18(14)11-2-1-7-19-9-11/h3-4,8,11H,1-2,5-7,9H2. The van der Waals surface area contributed by atoms with Crippen LogP contribution in [0.15, 0.2) is 18.2 Å². The predicted octanol–water partition coefficient (Wildman–Crippen LogP) is 4.54. The number of benzene rings is 1. The van der Waals surface area contributed by atoms with Crippen LogP contribution in [0.2, 0.25) is 5.02 Å². The summed E-state index contributed by atoms with van der Waals surface area (Å²) >= 11 is 14.1. The topological polar surface area (TPSA) is 17.8 Å². The van der Waals surface area contributed by atoms with Crippen LogP contribution in [0.3, 0.4) is 0 Å². The molecule has 1 aliphatic rings. The Morgan fingerprint density at radius 2 is 2.32 bits per heavy atom. The summed E-state index contributed by atoms with van der Waals surface area (Å²) in [5.41, 5.74) is 2.18. The summed E-state index contributed by atoms with van der Waals surface area (Å²) in [5.74, 6) is 4.14. The number of nitrogens with zero attached hydrogens (tertiary/aromatic N) is 2. The first-order valence-electron chi connectivity index (χ1n) is 6.59. The molecule has 1 aromatic heterocycles. The van der Waals surface area contributed by atoms with E-state index in [4.69, 9.17) is 28.2 Å². The summed E-state index contributed by atoms with van der Waals surface area (Å²) in [7, 11) is 0. The molecule has 2 aromatic rings. The van der Waals surface area contributed by atoms with Crippen LogP contribution in [0.1, 0.15) is 24.7 Å². The Morgan fingerprint density at radius 3 is 3.05 bits per heavy atom. The monoisotopic (exact) mass is 314 g/mol. The van der Waals surface area contributed by atoms with Crippen LogP contribution >= 0.6 is 35.0 Å². The maximum atomic E-state index is 6.14. The van der Waals surface area contributed by atoms with Crippen molar-refractivity contribution in [3.05, 3.63) is 29.0 Å². The zero-order chi connectivity index (χ0) is 13.2. The van der Waals surface area contributed by atoms with Gasteiger partial charge in [-0.15, -0.1) is 11.6 Å². The molecule has 0 amide bonds. The average Bonchev–Trinajstić information content (AvgIpc) is 2.77. The lowest BCUT2D eigenvalue weighted by atomic mass is 10.1. The zero-order valence-corrected chi connectivity index (χ0v) is 12.9. The molecule has 0 N–H and O–H groups in total. The first-order valence-corrected chi connectivity index (χ1v) is 8.66. The number of fused-ring (bicyclic) bond motifs is 1. The summed E-state index contributed by atoms with van der Waals surface area (Å²) in [4.78, 5) is 4.73. The van der Waals surface area contributed by atoms with E-state index in [0.717, 1.165) is 34.1 Å². The molecule has 2 heterocycles. The second kappa shape index (κ2) is 5.94. The van der Waals surface area contributed by atoms with Crippen molar-refractivity contribution in [2.45, 2.75) is 25.3 Å². The number of imidazole rings is 1. The van der Waals surface area contributed by atoms with E-state index in [2.05, 4.69) is 4.57 Å². The molecule has 0 spiro atoms. The average molecular weight is 315 g/mol. The molecule has 0 radical (unpaired) electrons. The maximum absolute atomic E-state index is 6.14. The molecule has 1 aromatic carbocycles. The molecule has 2 nitrogen and oxygen atoms in total. The fraction of sp³-hybridized carbons (Fsp3) is 0.500. The Bertz CT molecular complexity index is 576. The van der Waals surface area contributed by atoms with Gasteiger partial charge in [0.2, 0.25) is 0 Å². The molecule has 5 heteroatoms. The predicted molar refractivity (Wildman–Crippen MR) is 84.8 cm³/mol. The number of thioether (sulfide) groups is 1. The van der Waals surface area contributed by atoms with Crippen LogP contribution < -0.4 is 0 Å². The van der Waals surface area contributed by atoms with E-state index in [1.807, 2.05) is 30.0 Å². The number of alkyl halides is 1. The molecule has 1 unspecified atom stereocenters. The smallest absolute Gasteiger partial charge is 0.111 e. The minimum Gasteiger partial charge on any atom is -0.324 e. The van der Waals surface area contributed by atoms with E-state index in [0.29, 0.717) is 11.9 Å². The molecule has 1 fully saturated rings. The Balaban J connectivity index is 2.11. The van der Waals surface area contributed by atoms with Crippen LogP contribution in [0.4, 0.5) is 0 Å². The SMILES string of the molecule is ClCCc1nc2ccc(Cl)cc2n1C1CCCSC1. The quantitative estimate of drug-likeness (QED) is 0.774. The fourth-order valence-corrected chi connectivity index (χ4v) is 4.17. The number of halogens is 2. The molecule has 1 aliphatic heterocycles. The highest BCUT2D eigenvalue weighted by atomic mass is 35.5. The first-order chi connectivity index (χ1) is 9.29. The maximum Gasteiger partial charge on any atom is 0.111 e. The van der Waals surface area contributed by atoms with Gasteiger partial charge >= 0.3 is 0 Å². The van der Waals surface area contributed by atoms with Gasteiger partial charge in [-0.3, -0.25) is 0 Å². The number of aryl methyl sites for hydroxylation is 1. The summed E-state index contributed by atoms with van der Waals surface area (Å²) in [6.45, 7) is 0. The first kappa shape index (κ1) is 13.6. The van der Waals surface area contributed by atoms with E-state index < -0.39 is 0 Å². The minimum absolute atomic E-state index is 0.528. The lowest BCUT2D eigenvalue weighted by Crippen LogP contribution is -2.18. The number of aromatic nitrogens is 2. The van der Waals surface area contributed by atoms with Crippen LogP contribution in [0.25, 0.3) is 11.0 Å². The van der Waals surface area contributed by atoms with E-state index in [-0.39, 0.29) is 0 Å². The van der Waals surface area contributed by atoms with Gasteiger partial charge in [-0.2, -0.15) is 11.8 Å². The van der Waals surface area contributed by atoms with Crippen molar-refractivity contribution in [1.29, 1.82) is 0 Å². The molecule has 1 atom stereocenters. The van der Waals surface area contributed by atoms with Crippen LogP contribution in [0.5, 0.6) is 0 Å². The summed E-state index contributed by atoms with van der Waals surface area (Å²) in [6, 6.07) is 6.46. The van der Waals surface area contributed by atoms with Crippen molar-refractivity contribution in [3.63, 3.8) is 0 Å². The normalized spacial score (nSPS) is 20.0. The molecule has 0 bridgehead atoms. The largest absolute Gasteiger partial charge is 0.324 e. The van der Waals surface area contributed by atoms with Gasteiger partial charge in [0.25, 0.3) is 0 Å². The lowest BCUT2D eigenvalue weighted by molar-refractivity contribution is 0.495. The molecular weight excluding hydrogens is 299 g/mol. The number of hydrogen-bond acceptors (Lipinski definition) is 2. The van der Waals surface area contributed by atoms with Crippen LogP contribution in [-0.4, -0.2) is 26.9 Å². The molecular formula is C14H16Cl2N2S. The van der Waals surface area contributed by atoms with Gasteiger partial charge in [0.15, 0.2) is 0 Å². The zero-order valence-electron chi connectivity index (χ0n) is 10.6. The summed E-state index contributed by atoms with van der Waals surface area (Å²) < 4.78 is 2.37. The molecule has 1 saturated heterocycles. The second-order valence-corrected chi connectivity index (χ2v) is 6.81. The Labute approximate surface area is 127 Å². The molecule has 0 aliphatic carbocycles. The third-order valence-corrected chi connectivity index (χ3v) is 5.17. The van der Waals surface area contributed by atoms with E-state index in [1.54, 1.807) is 0 Å². The van der Waals surface area contributed by atoms with E-state index >= 15 is 0 Å². The Morgan fingerprint density at radius 1 is 1.42 bits per heavy atom. The van der Waals surface area contributed by atoms with Crippen molar-refractivity contribution in [3.8, 4) is 0 Å². The number of hydrogen-bond donors (Lipinski definition) is 0. The van der Waals surface area contributed by atoms with Crippen molar-refractivity contribution in [2.75, 3.05) is 17.4 Å². The van der Waals surface area contributed by atoms with Gasteiger partial charge < -0.3 is 4.57 Å². The van der Waals surface area contributed by atoms with Crippen molar-refractivity contribution in [1.82, 2.24) is 9.55 Å². The van der Waals surface area contributed by atoms with Gasteiger partial charge in [-0.05, 0) is 36.8 Å². The fourth-order valence-electron chi connectivity index (χ4n) is 2.71. The second-order valence-electron chi connectivity index (χ2n) is 4.84. The Hall–Kier alpha value is -0.380. The van der Waals surface area contributed by atoms with Gasteiger partial charge in [0.1, 0.15) is 5.82 Å². The molecule has 102 valence electrons. The van der Waals surface area contributed by atoms with Gasteiger partial charge in [-0.1, -0.05) is 11.6 Å². The molecule has 3 rings (SSSR count). The molecule has 0 saturated carbocycles. The third-order valence-electron chi connectivity index (χ3n) is 3.54. The van der Waals surface area contributed by atoms with E-state index in [9.17, 15) is 0 Å². The van der Waals surface area contributed by atoms with Crippen molar-refractivity contribution < 1.29 is 0 Å². The highest BCUT2D eigenvalue weighted by molar-refractivity contribution is 7.99. The van der Waals surface area contributed by atoms with Crippen molar-refractivity contribution >= 4 is 46.0 Å². The van der Waals surface area contributed by atoms with Gasteiger partial charge in [0.05, 0.1) is 11.0 Å². The summed E-state index contributed by atoms with van der Waals surface area (Å²) in [6.07, 6.45) is 3.31. The van der Waals surface area contributed by atoms with Gasteiger partial charge in [0, 0.05) is 29.1 Å². The minimum atomic E-state index is 0.528. The molecule has 19 heavy (non-hydrogen) atoms. The Kier molecular flexibility index (Phi) is 4.25. The number of rotatable bonds is 3. The highest BCUT2D eigenvalue weighted by Crippen LogP contribution is 2.32. The van der Waals surface area contributed by atoms with Crippen LogP contribution in [-0.2, 0) is 6.42 Å². The van der Waals surface area contributed by atoms with Gasteiger partial charge in [-0.25, -0.2) is 4.98 Å². The van der Waals surface area contributed by atoms with Crippen LogP contribution in [0, 0.1) is 0 Å². The third kappa shape index (κ3) is 2.74.